The smallest absolute Gasteiger partial charge is 0.0302 e. The van der Waals surface area contributed by atoms with Gasteiger partial charge < -0.3 is 0 Å². The Bertz CT molecular complexity index is 140. The molecular formula is C9H17N. The van der Waals surface area contributed by atoms with E-state index in [0.717, 1.165) is 5.92 Å². The van der Waals surface area contributed by atoms with Crippen molar-refractivity contribution in [1.29, 1.82) is 0 Å². The highest BCUT2D eigenvalue weighted by atomic mass is 15.2. The molecular weight excluding hydrogens is 122 g/mol. The molecule has 0 aliphatic carbocycles. The summed E-state index contributed by atoms with van der Waals surface area (Å²) in [6, 6.07) is 0.648. The normalized spacial score (nSPS) is 34.7. The average Bonchev–Trinajstić information content (AvgIpc) is 2.10. The molecule has 0 N–H and O–H groups in total. The third kappa shape index (κ3) is 1.40. The van der Waals surface area contributed by atoms with Crippen LogP contribution in [0.4, 0.5) is 0 Å². The van der Waals surface area contributed by atoms with Crippen molar-refractivity contribution >= 4 is 0 Å². The SMILES string of the molecule is C=C(C)C1CC(C)CN1C. The van der Waals surface area contributed by atoms with Crippen molar-refractivity contribution in [2.75, 3.05) is 13.6 Å². The summed E-state index contributed by atoms with van der Waals surface area (Å²) in [7, 11) is 2.18. The fourth-order valence-corrected chi connectivity index (χ4v) is 1.83. The molecule has 0 saturated carbocycles. The number of likely N-dealkylation sites (tertiary alicyclic amines) is 1. The van der Waals surface area contributed by atoms with E-state index in [-0.39, 0.29) is 0 Å². The first kappa shape index (κ1) is 7.80. The summed E-state index contributed by atoms with van der Waals surface area (Å²) >= 11 is 0. The molecule has 1 saturated heterocycles. The molecule has 1 rings (SSSR count). The molecule has 1 heterocycles. The lowest BCUT2D eigenvalue weighted by molar-refractivity contribution is 0.340. The van der Waals surface area contributed by atoms with E-state index in [2.05, 4.69) is 32.4 Å². The van der Waals surface area contributed by atoms with Gasteiger partial charge in [0.05, 0.1) is 0 Å². The Balaban J connectivity index is 2.54. The van der Waals surface area contributed by atoms with E-state index >= 15 is 0 Å². The Labute approximate surface area is 63.7 Å². The van der Waals surface area contributed by atoms with E-state index in [9.17, 15) is 0 Å². The van der Waals surface area contributed by atoms with Gasteiger partial charge in [-0.15, -0.1) is 0 Å². The van der Waals surface area contributed by atoms with Crippen LogP contribution in [0, 0.1) is 5.92 Å². The second-order valence-electron chi connectivity index (χ2n) is 3.64. The predicted octanol–water partition coefficient (Wildman–Crippen LogP) is 1.90. The number of rotatable bonds is 1. The summed E-state index contributed by atoms with van der Waals surface area (Å²) in [4.78, 5) is 2.40. The molecule has 0 aromatic rings. The van der Waals surface area contributed by atoms with Gasteiger partial charge in [-0.2, -0.15) is 0 Å². The molecule has 0 bridgehead atoms. The van der Waals surface area contributed by atoms with Crippen molar-refractivity contribution in [2.45, 2.75) is 26.3 Å². The maximum Gasteiger partial charge on any atom is 0.0302 e. The molecule has 10 heavy (non-hydrogen) atoms. The molecule has 1 aliphatic heterocycles. The minimum Gasteiger partial charge on any atom is -0.299 e. The zero-order valence-corrected chi connectivity index (χ0v) is 7.22. The van der Waals surface area contributed by atoms with Crippen LogP contribution in [0.5, 0.6) is 0 Å². The fourth-order valence-electron chi connectivity index (χ4n) is 1.83. The van der Waals surface area contributed by atoms with Gasteiger partial charge in [-0.05, 0) is 26.3 Å². The molecule has 0 amide bonds. The highest BCUT2D eigenvalue weighted by molar-refractivity contribution is 5.05. The van der Waals surface area contributed by atoms with Crippen LogP contribution in [0.15, 0.2) is 12.2 Å². The van der Waals surface area contributed by atoms with Gasteiger partial charge in [0.2, 0.25) is 0 Å². The first-order valence-electron chi connectivity index (χ1n) is 3.97. The van der Waals surface area contributed by atoms with Crippen molar-refractivity contribution in [3.05, 3.63) is 12.2 Å². The largest absolute Gasteiger partial charge is 0.299 e. The zero-order valence-electron chi connectivity index (χ0n) is 7.22. The van der Waals surface area contributed by atoms with Gasteiger partial charge in [0.1, 0.15) is 0 Å². The van der Waals surface area contributed by atoms with Crippen LogP contribution in [0.2, 0.25) is 0 Å². The molecule has 0 spiro atoms. The molecule has 2 unspecified atom stereocenters. The topological polar surface area (TPSA) is 3.24 Å². The minimum atomic E-state index is 0.648. The Morgan fingerprint density at radius 2 is 2.20 bits per heavy atom. The molecule has 1 nitrogen and oxygen atoms in total. The van der Waals surface area contributed by atoms with Gasteiger partial charge in [0, 0.05) is 12.6 Å². The zero-order chi connectivity index (χ0) is 7.72. The molecule has 1 aliphatic rings. The van der Waals surface area contributed by atoms with E-state index < -0.39 is 0 Å². The summed E-state index contributed by atoms with van der Waals surface area (Å²) in [6.07, 6.45) is 1.30. The maximum absolute atomic E-state index is 3.98. The number of hydrogen-bond acceptors (Lipinski definition) is 1. The standard InChI is InChI=1S/C9H17N/c1-7(2)9-5-8(3)6-10(9)4/h8-9H,1,5-6H2,2-4H3. The van der Waals surface area contributed by atoms with Crippen molar-refractivity contribution < 1.29 is 0 Å². The Morgan fingerprint density at radius 3 is 2.40 bits per heavy atom. The predicted molar refractivity (Wildman–Crippen MR) is 45.0 cm³/mol. The number of hydrogen-bond donors (Lipinski definition) is 0. The van der Waals surface area contributed by atoms with E-state index in [4.69, 9.17) is 0 Å². The lowest BCUT2D eigenvalue weighted by atomic mass is 10.0. The Morgan fingerprint density at radius 1 is 1.60 bits per heavy atom. The molecule has 1 heteroatoms. The second-order valence-corrected chi connectivity index (χ2v) is 3.64. The fraction of sp³-hybridized carbons (Fsp3) is 0.778. The van der Waals surface area contributed by atoms with Gasteiger partial charge in [-0.1, -0.05) is 19.1 Å². The lowest BCUT2D eigenvalue weighted by Gasteiger charge is -2.18. The monoisotopic (exact) mass is 139 g/mol. The van der Waals surface area contributed by atoms with Crippen LogP contribution in [0.1, 0.15) is 20.3 Å². The lowest BCUT2D eigenvalue weighted by Crippen LogP contribution is -2.25. The maximum atomic E-state index is 3.98. The third-order valence-electron chi connectivity index (χ3n) is 2.33. The van der Waals surface area contributed by atoms with Gasteiger partial charge in [0.25, 0.3) is 0 Å². The molecule has 1 fully saturated rings. The highest BCUT2D eigenvalue weighted by Crippen LogP contribution is 2.24. The van der Waals surface area contributed by atoms with E-state index in [0.29, 0.717) is 6.04 Å². The summed E-state index contributed by atoms with van der Waals surface area (Å²) < 4.78 is 0. The minimum absolute atomic E-state index is 0.648. The van der Waals surface area contributed by atoms with Crippen molar-refractivity contribution in [1.82, 2.24) is 4.90 Å². The van der Waals surface area contributed by atoms with Gasteiger partial charge in [-0.3, -0.25) is 4.90 Å². The molecule has 58 valence electrons. The van der Waals surface area contributed by atoms with E-state index in [1.807, 2.05) is 0 Å². The summed E-state index contributed by atoms with van der Waals surface area (Å²) in [6.45, 7) is 9.64. The first-order chi connectivity index (χ1) is 4.61. The summed E-state index contributed by atoms with van der Waals surface area (Å²) in [5.41, 5.74) is 1.31. The van der Waals surface area contributed by atoms with Crippen LogP contribution in [-0.2, 0) is 0 Å². The Hall–Kier alpha value is -0.300. The van der Waals surface area contributed by atoms with Crippen LogP contribution in [0.3, 0.4) is 0 Å². The van der Waals surface area contributed by atoms with E-state index in [1.165, 1.54) is 18.5 Å². The summed E-state index contributed by atoms with van der Waals surface area (Å²) in [5, 5.41) is 0. The highest BCUT2D eigenvalue weighted by Gasteiger charge is 2.26. The summed E-state index contributed by atoms with van der Waals surface area (Å²) in [5.74, 6) is 0.853. The van der Waals surface area contributed by atoms with Gasteiger partial charge >= 0.3 is 0 Å². The molecule has 0 aromatic heterocycles. The van der Waals surface area contributed by atoms with Crippen molar-refractivity contribution in [3.63, 3.8) is 0 Å². The molecule has 0 aromatic carbocycles. The van der Waals surface area contributed by atoms with Crippen LogP contribution < -0.4 is 0 Å². The van der Waals surface area contributed by atoms with Gasteiger partial charge in [-0.25, -0.2) is 0 Å². The number of likely N-dealkylation sites (N-methyl/N-ethyl adjacent to an activating group) is 1. The number of nitrogens with zero attached hydrogens (tertiary/aromatic N) is 1. The average molecular weight is 139 g/mol. The Kier molecular flexibility index (Phi) is 2.14. The van der Waals surface area contributed by atoms with Crippen LogP contribution >= 0.6 is 0 Å². The second kappa shape index (κ2) is 2.75. The molecule has 2 atom stereocenters. The van der Waals surface area contributed by atoms with Crippen LogP contribution in [-0.4, -0.2) is 24.5 Å². The van der Waals surface area contributed by atoms with Crippen molar-refractivity contribution in [3.8, 4) is 0 Å². The van der Waals surface area contributed by atoms with Crippen molar-refractivity contribution in [2.24, 2.45) is 5.92 Å². The third-order valence-corrected chi connectivity index (χ3v) is 2.33. The van der Waals surface area contributed by atoms with Crippen LogP contribution in [0.25, 0.3) is 0 Å². The quantitative estimate of drug-likeness (QED) is 0.501. The van der Waals surface area contributed by atoms with E-state index in [1.54, 1.807) is 0 Å². The van der Waals surface area contributed by atoms with Gasteiger partial charge in [0.15, 0.2) is 0 Å². The molecule has 0 radical (unpaired) electrons. The first-order valence-corrected chi connectivity index (χ1v) is 3.97.